The second-order valence-electron chi connectivity index (χ2n) is 10.7. The molecule has 12 heteroatoms. The molecule has 2 aliphatic heterocycles. The largest absolute Gasteiger partial charge is 0.332 e. The van der Waals surface area contributed by atoms with Crippen LogP contribution < -0.4 is 5.32 Å². The van der Waals surface area contributed by atoms with Gasteiger partial charge in [-0.3, -0.25) is 14.3 Å². The van der Waals surface area contributed by atoms with Gasteiger partial charge in [-0.25, -0.2) is 9.07 Å². The summed E-state index contributed by atoms with van der Waals surface area (Å²) in [4.78, 5) is 28.5. The van der Waals surface area contributed by atoms with Gasteiger partial charge < -0.3 is 10.2 Å². The molecule has 2 aliphatic rings. The third-order valence-corrected chi connectivity index (χ3v) is 8.34. The number of halogens is 3. The van der Waals surface area contributed by atoms with Crippen LogP contribution in [0.25, 0.3) is 22.5 Å². The van der Waals surface area contributed by atoms with E-state index in [1.807, 2.05) is 19.1 Å². The molecule has 9 nitrogen and oxygen atoms in total. The van der Waals surface area contributed by atoms with E-state index >= 15 is 4.39 Å². The minimum absolute atomic E-state index is 0.120. The quantitative estimate of drug-likeness (QED) is 0.298. The zero-order valence-electron chi connectivity index (χ0n) is 23.0. The van der Waals surface area contributed by atoms with Crippen LogP contribution in [0.15, 0.2) is 54.9 Å². The third-order valence-electron chi connectivity index (χ3n) is 7.93. The molecule has 4 heterocycles. The highest BCUT2D eigenvalue weighted by Crippen LogP contribution is 2.38. The van der Waals surface area contributed by atoms with E-state index in [4.69, 9.17) is 23.2 Å². The van der Waals surface area contributed by atoms with Crippen LogP contribution in [0.2, 0.25) is 10.2 Å². The maximum absolute atomic E-state index is 15.1. The monoisotopic (exact) mass is 607 g/mol. The summed E-state index contributed by atoms with van der Waals surface area (Å²) in [6.45, 7) is 2.30. The summed E-state index contributed by atoms with van der Waals surface area (Å²) < 4.78 is 18.3. The van der Waals surface area contributed by atoms with Crippen LogP contribution >= 0.6 is 23.2 Å². The van der Waals surface area contributed by atoms with Gasteiger partial charge in [0.05, 0.1) is 35.5 Å². The zero-order chi connectivity index (χ0) is 29.5. The first-order valence-electron chi connectivity index (χ1n) is 13.7. The van der Waals surface area contributed by atoms with Gasteiger partial charge in [-0.15, -0.1) is 5.10 Å². The molecule has 2 aromatic heterocycles. The summed E-state index contributed by atoms with van der Waals surface area (Å²) in [6, 6.07) is 9.78. The number of nitrogens with one attached hydrogen (secondary N) is 1. The lowest BCUT2D eigenvalue weighted by Crippen LogP contribution is -2.37. The van der Waals surface area contributed by atoms with Gasteiger partial charge >= 0.3 is 0 Å². The number of carbonyl (C=O) groups is 2. The van der Waals surface area contributed by atoms with E-state index in [1.54, 1.807) is 51.9 Å². The van der Waals surface area contributed by atoms with Gasteiger partial charge in [0, 0.05) is 41.7 Å². The van der Waals surface area contributed by atoms with Crippen molar-refractivity contribution in [3.05, 3.63) is 82.0 Å². The normalized spacial score (nSPS) is 19.5. The predicted molar refractivity (Wildman–Crippen MR) is 159 cm³/mol. The molecular weight excluding hydrogens is 580 g/mol. The number of carbonyl (C=O) groups excluding carboxylic acids is 2. The molecule has 2 unspecified atom stereocenters. The van der Waals surface area contributed by atoms with Crippen molar-refractivity contribution in [2.24, 2.45) is 13.0 Å². The molecule has 2 atom stereocenters. The smallest absolute Gasteiger partial charge is 0.247 e. The fourth-order valence-corrected chi connectivity index (χ4v) is 6.12. The Bertz CT molecular complexity index is 1730. The molecule has 0 fully saturated rings. The summed E-state index contributed by atoms with van der Waals surface area (Å²) in [7, 11) is 1.75. The number of rotatable bonds is 3. The minimum atomic E-state index is -0.424. The van der Waals surface area contributed by atoms with Crippen molar-refractivity contribution in [3.8, 4) is 16.9 Å². The van der Waals surface area contributed by atoms with Gasteiger partial charge in [0.15, 0.2) is 5.15 Å². The van der Waals surface area contributed by atoms with Crippen LogP contribution in [0.3, 0.4) is 0 Å². The van der Waals surface area contributed by atoms with Crippen molar-refractivity contribution < 1.29 is 14.0 Å². The van der Waals surface area contributed by atoms with Gasteiger partial charge in [0.2, 0.25) is 11.8 Å². The fraction of sp³-hybridized carbons (Fsp3) is 0.300. The maximum Gasteiger partial charge on any atom is 0.247 e. The number of fused-ring (bicyclic) bond motifs is 4. The molecule has 42 heavy (non-hydrogen) atoms. The number of amides is 2. The number of aromatic nitrogens is 5. The maximum atomic E-state index is 15.1. The van der Waals surface area contributed by atoms with Crippen LogP contribution in [0, 0.1) is 11.7 Å². The summed E-state index contributed by atoms with van der Waals surface area (Å²) >= 11 is 12.4. The molecule has 0 radical (unpaired) electrons. The van der Waals surface area contributed by atoms with Crippen LogP contribution in [-0.2, 0) is 16.6 Å². The lowest BCUT2D eigenvalue weighted by Gasteiger charge is -2.35. The Hall–Kier alpha value is -4.02. The van der Waals surface area contributed by atoms with Crippen molar-refractivity contribution in [2.45, 2.75) is 38.6 Å². The highest BCUT2D eigenvalue weighted by atomic mass is 35.5. The average Bonchev–Trinajstić information content (AvgIpc) is 3.55. The standard InChI is InChI=1S/C30H28Cl2FN7O2/c1-17-4-3-5-25(19-10-20(12-22(33)11-19)29-24(35-30(17)42)15-34-38(29)2)39-9-8-18(13-28(39)41)23-14-21(31)6-7-26(23)40-16-27(32)36-37-40/h6-7,10-17,25H,3-5,8-9H2,1-2H3,(H,35,42). The van der Waals surface area contributed by atoms with Crippen LogP contribution in [-0.4, -0.2) is 48.0 Å². The minimum Gasteiger partial charge on any atom is -0.332 e. The molecule has 4 aromatic rings. The Morgan fingerprint density at radius 1 is 1.10 bits per heavy atom. The third kappa shape index (κ3) is 5.44. The molecule has 6 rings (SSSR count). The number of aryl methyl sites for hydroxylation is 1. The van der Waals surface area contributed by atoms with Crippen molar-refractivity contribution in [1.82, 2.24) is 29.7 Å². The summed E-state index contributed by atoms with van der Waals surface area (Å²) in [6.07, 6.45) is 7.20. The Morgan fingerprint density at radius 2 is 1.93 bits per heavy atom. The second kappa shape index (κ2) is 11.3. The number of hydrogen-bond acceptors (Lipinski definition) is 5. The van der Waals surface area contributed by atoms with E-state index < -0.39 is 5.82 Å². The Kier molecular flexibility index (Phi) is 7.59. The Morgan fingerprint density at radius 3 is 2.69 bits per heavy atom. The van der Waals surface area contributed by atoms with Gasteiger partial charge in [0.1, 0.15) is 5.82 Å². The lowest BCUT2D eigenvalue weighted by atomic mass is 9.91. The van der Waals surface area contributed by atoms with E-state index in [9.17, 15) is 9.59 Å². The molecular formula is C30H28Cl2FN7O2. The highest BCUT2D eigenvalue weighted by Gasteiger charge is 2.30. The molecule has 2 amide bonds. The van der Waals surface area contributed by atoms with E-state index in [2.05, 4.69) is 20.7 Å². The summed E-state index contributed by atoms with van der Waals surface area (Å²) in [5.41, 5.74) is 4.66. The van der Waals surface area contributed by atoms with Crippen LogP contribution in [0.5, 0.6) is 0 Å². The van der Waals surface area contributed by atoms with Crippen molar-refractivity contribution in [1.29, 1.82) is 0 Å². The first-order chi connectivity index (χ1) is 20.2. The van der Waals surface area contributed by atoms with Gasteiger partial charge in [-0.1, -0.05) is 41.8 Å². The molecule has 0 spiro atoms. The van der Waals surface area contributed by atoms with E-state index in [0.717, 1.165) is 11.1 Å². The molecule has 0 saturated carbocycles. The number of nitrogens with zero attached hydrogens (tertiary/aromatic N) is 6. The van der Waals surface area contributed by atoms with E-state index in [0.29, 0.717) is 65.4 Å². The first kappa shape index (κ1) is 28.1. The van der Waals surface area contributed by atoms with Gasteiger partial charge in [-0.05, 0) is 66.8 Å². The summed E-state index contributed by atoms with van der Waals surface area (Å²) in [5, 5.41) is 16.0. The van der Waals surface area contributed by atoms with Crippen molar-refractivity contribution in [2.75, 3.05) is 11.9 Å². The fourth-order valence-electron chi connectivity index (χ4n) is 5.82. The van der Waals surface area contributed by atoms with Crippen LogP contribution in [0.4, 0.5) is 10.1 Å². The average molecular weight is 609 g/mol. The number of hydrogen-bond donors (Lipinski definition) is 1. The molecule has 2 bridgehead atoms. The Balaban J connectivity index is 1.39. The SMILES string of the molecule is CC1CCCC(N2CCC(c3cc(Cl)ccc3-n3cc(Cl)nn3)=CC2=O)c2cc(F)cc(c2)-c2c(cnn2C)NC1=O. The van der Waals surface area contributed by atoms with E-state index in [-0.39, 0.29) is 28.9 Å². The predicted octanol–water partition coefficient (Wildman–Crippen LogP) is 6.23. The van der Waals surface area contributed by atoms with Crippen molar-refractivity contribution in [3.63, 3.8) is 0 Å². The molecule has 216 valence electrons. The first-order valence-corrected chi connectivity index (χ1v) is 14.5. The topological polar surface area (TPSA) is 97.9 Å². The van der Waals surface area contributed by atoms with E-state index in [1.165, 1.54) is 12.1 Å². The van der Waals surface area contributed by atoms with Gasteiger partial charge in [-0.2, -0.15) is 5.10 Å². The lowest BCUT2D eigenvalue weighted by molar-refractivity contribution is -0.129. The molecule has 2 aromatic carbocycles. The van der Waals surface area contributed by atoms with Gasteiger partial charge in [0.25, 0.3) is 0 Å². The second-order valence-corrected chi connectivity index (χ2v) is 11.6. The number of anilines is 1. The zero-order valence-corrected chi connectivity index (χ0v) is 24.5. The summed E-state index contributed by atoms with van der Waals surface area (Å²) in [5.74, 6) is -0.977. The Labute approximate surface area is 251 Å². The molecule has 0 saturated heterocycles. The number of benzene rings is 2. The molecule has 0 aliphatic carbocycles. The highest BCUT2D eigenvalue weighted by molar-refractivity contribution is 6.31. The molecule has 1 N–H and O–H groups in total. The van der Waals surface area contributed by atoms with Crippen LogP contribution in [0.1, 0.15) is 49.8 Å². The van der Waals surface area contributed by atoms with Crippen molar-refractivity contribution >= 4 is 46.3 Å².